The molecule has 0 heterocycles. The van der Waals surface area contributed by atoms with Crippen molar-refractivity contribution in [2.24, 2.45) is 0 Å². The number of nitro benzene ring substituents is 1. The lowest BCUT2D eigenvalue weighted by Gasteiger charge is -2.17. The predicted molar refractivity (Wildman–Crippen MR) is 66.9 cm³/mol. The number of carbonyl (C=O) groups excluding carboxylic acids is 1. The minimum atomic E-state index is -1.75. The molecule has 1 aromatic rings. The highest BCUT2D eigenvalue weighted by Gasteiger charge is 2.27. The first-order valence-corrected chi connectivity index (χ1v) is 5.96. The average molecular weight is 303 g/mol. The molecule has 1 aromatic carbocycles. The van der Waals surface area contributed by atoms with E-state index < -0.39 is 46.8 Å². The normalized spacial score (nSPS) is 13.5. The second-order valence-electron chi connectivity index (χ2n) is 4.15. The molecular formula is C12H14FNO7. The van der Waals surface area contributed by atoms with Crippen molar-refractivity contribution in [3.8, 4) is 5.75 Å². The summed E-state index contributed by atoms with van der Waals surface area (Å²) in [6.07, 6.45) is -3.94. The first-order valence-electron chi connectivity index (χ1n) is 5.96. The van der Waals surface area contributed by atoms with Gasteiger partial charge in [-0.15, -0.1) is 0 Å². The molecule has 2 unspecified atom stereocenters. The number of aliphatic hydroxyl groups excluding tert-OH is 2. The Morgan fingerprint density at radius 3 is 2.62 bits per heavy atom. The van der Waals surface area contributed by atoms with Crippen molar-refractivity contribution in [3.63, 3.8) is 0 Å². The van der Waals surface area contributed by atoms with Crippen LogP contribution in [-0.4, -0.2) is 38.9 Å². The van der Waals surface area contributed by atoms with Crippen LogP contribution in [0, 0.1) is 15.9 Å². The van der Waals surface area contributed by atoms with Gasteiger partial charge in [0.05, 0.1) is 24.1 Å². The lowest BCUT2D eigenvalue weighted by atomic mass is 10.0. The monoisotopic (exact) mass is 303 g/mol. The molecule has 0 aliphatic rings. The highest BCUT2D eigenvalue weighted by Crippen LogP contribution is 2.33. The second-order valence-corrected chi connectivity index (χ2v) is 4.15. The molecule has 3 N–H and O–H groups in total. The number of phenolic OH excluding ortho intramolecular Hbond substituents is 1. The summed E-state index contributed by atoms with van der Waals surface area (Å²) in [5, 5.41) is 39.3. The molecule has 0 radical (unpaired) electrons. The van der Waals surface area contributed by atoms with E-state index in [2.05, 4.69) is 4.74 Å². The third kappa shape index (κ3) is 4.10. The van der Waals surface area contributed by atoms with Crippen LogP contribution in [0.2, 0.25) is 0 Å². The van der Waals surface area contributed by atoms with Crippen LogP contribution in [0.4, 0.5) is 10.1 Å². The molecule has 0 spiro atoms. The van der Waals surface area contributed by atoms with E-state index in [1.807, 2.05) is 0 Å². The Labute approximate surface area is 118 Å². The zero-order valence-electron chi connectivity index (χ0n) is 11.0. The second kappa shape index (κ2) is 6.95. The van der Waals surface area contributed by atoms with Crippen LogP contribution < -0.4 is 0 Å². The predicted octanol–water partition coefficient (Wildman–Crippen LogP) is 0.787. The number of benzene rings is 1. The van der Waals surface area contributed by atoms with Gasteiger partial charge in [0, 0.05) is 6.07 Å². The van der Waals surface area contributed by atoms with E-state index in [4.69, 9.17) is 0 Å². The summed E-state index contributed by atoms with van der Waals surface area (Å²) in [6.45, 7) is 1.64. The molecule has 21 heavy (non-hydrogen) atoms. The Balaban J connectivity index is 2.99. The fourth-order valence-corrected chi connectivity index (χ4v) is 1.64. The Hall–Kier alpha value is -2.26. The van der Waals surface area contributed by atoms with Gasteiger partial charge in [-0.05, 0) is 18.6 Å². The van der Waals surface area contributed by atoms with Crippen LogP contribution in [0.15, 0.2) is 12.1 Å². The summed E-state index contributed by atoms with van der Waals surface area (Å²) < 4.78 is 17.9. The first kappa shape index (κ1) is 16.8. The van der Waals surface area contributed by atoms with Gasteiger partial charge in [-0.2, -0.15) is 0 Å². The van der Waals surface area contributed by atoms with Crippen LogP contribution in [0.25, 0.3) is 0 Å². The number of hydrogen-bond donors (Lipinski definition) is 3. The molecule has 9 heteroatoms. The van der Waals surface area contributed by atoms with Crippen molar-refractivity contribution in [1.82, 2.24) is 0 Å². The van der Waals surface area contributed by atoms with E-state index in [0.717, 1.165) is 6.07 Å². The van der Waals surface area contributed by atoms with Crippen molar-refractivity contribution in [1.29, 1.82) is 0 Å². The van der Waals surface area contributed by atoms with E-state index in [1.165, 1.54) is 0 Å². The highest BCUT2D eigenvalue weighted by molar-refractivity contribution is 5.70. The number of aliphatic hydroxyl groups is 2. The Morgan fingerprint density at radius 1 is 1.48 bits per heavy atom. The zero-order chi connectivity index (χ0) is 16.2. The molecule has 116 valence electrons. The van der Waals surface area contributed by atoms with Gasteiger partial charge in [-0.1, -0.05) is 0 Å². The number of aromatic hydroxyl groups is 1. The molecule has 0 aliphatic carbocycles. The number of nitro groups is 1. The summed E-state index contributed by atoms with van der Waals surface area (Å²) in [4.78, 5) is 20.8. The largest absolute Gasteiger partial charge is 0.500 e. The average Bonchev–Trinajstić information content (AvgIpc) is 2.40. The van der Waals surface area contributed by atoms with E-state index in [9.17, 15) is 34.6 Å². The number of phenols is 1. The maximum Gasteiger partial charge on any atom is 0.314 e. The number of hydrogen-bond acceptors (Lipinski definition) is 7. The fourth-order valence-electron chi connectivity index (χ4n) is 1.64. The molecule has 0 amide bonds. The third-order valence-corrected chi connectivity index (χ3v) is 2.65. The molecule has 0 bridgehead atoms. The number of rotatable bonds is 6. The fraction of sp³-hybridized carbons (Fsp3) is 0.417. The van der Waals surface area contributed by atoms with E-state index in [-0.39, 0.29) is 12.2 Å². The quantitative estimate of drug-likeness (QED) is 0.402. The van der Waals surface area contributed by atoms with Gasteiger partial charge in [0.1, 0.15) is 6.10 Å². The van der Waals surface area contributed by atoms with Crippen molar-refractivity contribution < 1.29 is 34.2 Å². The van der Waals surface area contributed by atoms with Gasteiger partial charge in [0.15, 0.2) is 5.82 Å². The molecule has 0 fully saturated rings. The molecular weight excluding hydrogens is 289 g/mol. The van der Waals surface area contributed by atoms with Gasteiger partial charge >= 0.3 is 11.7 Å². The van der Waals surface area contributed by atoms with Crippen LogP contribution >= 0.6 is 0 Å². The number of esters is 1. The topological polar surface area (TPSA) is 130 Å². The lowest BCUT2D eigenvalue weighted by molar-refractivity contribution is -0.386. The number of halogens is 1. The lowest BCUT2D eigenvalue weighted by Crippen LogP contribution is -2.23. The minimum Gasteiger partial charge on any atom is -0.500 e. The number of nitrogens with zero attached hydrogens (tertiary/aromatic N) is 1. The molecule has 0 saturated heterocycles. The molecule has 0 aliphatic heterocycles. The maximum atomic E-state index is 13.4. The smallest absolute Gasteiger partial charge is 0.314 e. The number of ether oxygens (including phenoxy) is 1. The summed E-state index contributed by atoms with van der Waals surface area (Å²) in [5.41, 5.74) is -1.29. The minimum absolute atomic E-state index is 0.0843. The van der Waals surface area contributed by atoms with Gasteiger partial charge in [0.2, 0.25) is 5.75 Å². The van der Waals surface area contributed by atoms with E-state index in [1.54, 1.807) is 6.92 Å². The summed E-state index contributed by atoms with van der Waals surface area (Å²) in [6, 6.07) is 1.36. The summed E-state index contributed by atoms with van der Waals surface area (Å²) >= 11 is 0. The molecule has 0 aromatic heterocycles. The van der Waals surface area contributed by atoms with Crippen molar-refractivity contribution in [3.05, 3.63) is 33.6 Å². The molecule has 8 nitrogen and oxygen atoms in total. The molecule has 2 atom stereocenters. The van der Waals surface area contributed by atoms with Crippen molar-refractivity contribution >= 4 is 11.7 Å². The first-order chi connectivity index (χ1) is 9.77. The van der Waals surface area contributed by atoms with E-state index in [0.29, 0.717) is 6.07 Å². The standard InChI is InChI=1S/C12H14FNO7/c1-2-21-10(16)5-9(15)11(17)6-3-7(13)12(18)8(4-6)14(19)20/h3-4,9,11,15,17-18H,2,5H2,1H3. The molecule has 0 saturated carbocycles. The summed E-state index contributed by atoms with van der Waals surface area (Å²) in [7, 11) is 0. The van der Waals surface area contributed by atoms with Crippen LogP contribution in [0.3, 0.4) is 0 Å². The third-order valence-electron chi connectivity index (χ3n) is 2.65. The summed E-state index contributed by atoms with van der Waals surface area (Å²) in [5.74, 6) is -3.27. The Bertz CT molecular complexity index is 549. The number of carbonyl (C=O) groups is 1. The molecule has 1 rings (SSSR count). The Kier molecular flexibility index (Phi) is 5.56. The highest BCUT2D eigenvalue weighted by atomic mass is 19.1. The van der Waals surface area contributed by atoms with Gasteiger partial charge < -0.3 is 20.1 Å². The SMILES string of the molecule is CCOC(=O)CC(O)C(O)c1cc(F)c(O)c([N+](=O)[O-])c1. The maximum absolute atomic E-state index is 13.4. The van der Waals surface area contributed by atoms with Crippen LogP contribution in [0.5, 0.6) is 5.75 Å². The van der Waals surface area contributed by atoms with Crippen LogP contribution in [-0.2, 0) is 9.53 Å². The van der Waals surface area contributed by atoms with Crippen LogP contribution in [0.1, 0.15) is 25.0 Å². The van der Waals surface area contributed by atoms with Gasteiger partial charge in [-0.25, -0.2) is 4.39 Å². The van der Waals surface area contributed by atoms with Crippen molar-refractivity contribution in [2.75, 3.05) is 6.61 Å². The van der Waals surface area contributed by atoms with Gasteiger partial charge in [0.25, 0.3) is 0 Å². The van der Waals surface area contributed by atoms with E-state index >= 15 is 0 Å². The van der Waals surface area contributed by atoms with Gasteiger partial charge in [-0.3, -0.25) is 14.9 Å². The van der Waals surface area contributed by atoms with Crippen molar-refractivity contribution in [2.45, 2.75) is 25.6 Å². The zero-order valence-corrected chi connectivity index (χ0v) is 11.0. The Morgan fingerprint density at radius 2 is 2.10 bits per heavy atom.